The van der Waals surface area contributed by atoms with Gasteiger partial charge in [0.05, 0.1) is 76.8 Å². The molecule has 1 aromatic rings. The third-order valence-electron chi connectivity index (χ3n) is 10.9. The third kappa shape index (κ3) is 109. The molecule has 676 valence electrons. The highest BCUT2D eigenvalue weighted by Crippen LogP contribution is 2.17. The largest absolute Gasteiger partial charge is 0.482 e. The molecule has 1 aromatic carbocycles. The van der Waals surface area contributed by atoms with E-state index in [1.807, 2.05) is 6.07 Å². The average molecular weight is 1770 g/mol. The molecule has 52 nitrogen and oxygen atoms in total. The predicted octanol–water partition coefficient (Wildman–Crippen LogP) is -5.02. The number of carboxylic acids is 18. The van der Waals surface area contributed by atoms with Crippen LogP contribution in [0.5, 0.6) is 5.75 Å². The first-order valence-electron chi connectivity index (χ1n) is 32.6. The number of ether oxygens (including phenoxy) is 3. The quantitative estimate of drug-likeness (QED) is 0.0166. The number of hydrogen-bond acceptors (Lipinski definition) is 36. The van der Waals surface area contributed by atoms with E-state index in [0.717, 1.165) is 80.5 Å². The van der Waals surface area contributed by atoms with Crippen molar-refractivity contribution >= 4 is 164 Å². The van der Waals surface area contributed by atoms with Crippen molar-refractivity contribution in [2.45, 2.75) is 109 Å². The van der Waals surface area contributed by atoms with Gasteiger partial charge in [0, 0.05) is 26.6 Å². The Balaban J connectivity index is -0.000000158. The van der Waals surface area contributed by atoms with E-state index in [-0.39, 0.29) is 89.3 Å². The number of rotatable bonds is 40. The number of ketones is 1. The predicted molar refractivity (Wildman–Crippen MR) is 401 cm³/mol. The minimum Gasteiger partial charge on any atom is -0.482 e. The van der Waals surface area contributed by atoms with Crippen molar-refractivity contribution in [2.24, 2.45) is 5.73 Å². The maximum atomic E-state index is 10.4. The van der Waals surface area contributed by atoms with Gasteiger partial charge in [-0.25, -0.2) is 24.0 Å². The first-order valence-corrected chi connectivity index (χ1v) is 34.9. The van der Waals surface area contributed by atoms with E-state index in [1.165, 1.54) is 18.7 Å². The van der Waals surface area contributed by atoms with Crippen LogP contribution < -0.4 is 26.4 Å². The van der Waals surface area contributed by atoms with Gasteiger partial charge >= 0.3 is 113 Å². The number of aliphatic hydroxyl groups excluding tert-OH is 2. The van der Waals surface area contributed by atoms with Crippen molar-refractivity contribution in [3.8, 4) is 5.75 Å². The molecule has 0 aliphatic carbocycles. The Hall–Kier alpha value is -11.5. The fraction of sp³-hybridized carbons (Fsp3) is 0.556. The van der Waals surface area contributed by atoms with Crippen LogP contribution in [-0.4, -0.2) is 391 Å². The number of aliphatic hydroxyl groups is 4. The fourth-order valence-electron chi connectivity index (χ4n) is 6.16. The molecule has 0 saturated carbocycles. The number of thiocarbonyl (C=S) groups is 1. The minimum atomic E-state index is -2.74. The molecule has 0 bridgehead atoms. The molecule has 2 heterocycles. The van der Waals surface area contributed by atoms with Crippen molar-refractivity contribution in [3.63, 3.8) is 0 Å². The van der Waals surface area contributed by atoms with Crippen molar-refractivity contribution in [2.75, 3.05) is 117 Å². The van der Waals surface area contributed by atoms with Gasteiger partial charge in [0.2, 0.25) is 5.91 Å². The van der Waals surface area contributed by atoms with Crippen LogP contribution in [0.1, 0.15) is 85.5 Å². The highest BCUT2D eigenvalue weighted by atomic mass is 32.2. The molecule has 3 rings (SSSR count). The average Bonchev–Trinajstić information content (AvgIpc) is 1.05. The molecule has 55 heteroatoms. The number of carbonyl (C=O) groups excluding carboxylic acids is 3. The summed E-state index contributed by atoms with van der Waals surface area (Å²) in [5, 5.41) is 189. The zero-order chi connectivity index (χ0) is 93.9. The molecule has 2 aliphatic rings. The molecule has 0 aromatic heterocycles. The number of carboxylic acid groups (broad SMARTS) is 18. The van der Waals surface area contributed by atoms with Crippen LogP contribution in [0.3, 0.4) is 0 Å². The summed E-state index contributed by atoms with van der Waals surface area (Å²) in [6, 6.07) is 8.29. The fourth-order valence-corrected chi connectivity index (χ4v) is 7.68. The van der Waals surface area contributed by atoms with Crippen molar-refractivity contribution < 1.29 is 227 Å². The molecule has 2 saturated heterocycles. The third-order valence-corrected chi connectivity index (χ3v) is 13.5. The molecule has 118 heavy (non-hydrogen) atoms. The van der Waals surface area contributed by atoms with Crippen LogP contribution in [0.2, 0.25) is 0 Å². The number of amides is 1. The standard InChI is InChI=1S/C8H8O3.C6H10N2O5.C6H13NO4.C6H11NO2.C6H8O7.C5H9NO2.C5H6O5.C5H6O4S3.C4H7NO4.C4H6O4.2C4H8O3/c9-8(10)6-11-7-4-2-1-3-5-7;7-4(9)1-8(2-5(10)11)3-6(12)13;8-3-1-7(2-4-9)5-6(10)11;8-6(9)5-3-1-2-4-7-5;7-3(8)1-6(13,5(11)12)2-4(9)10;7-5(8)4-2-1-3-6-4;6-3(1-4(7)8)2-5(9)10;6-3(7)1-11-5(10)12-2-4(8)9;6-3(7)1-5-2-4(8)9;1-3(5)8-2-4(6)7;1-4(2,7)3(5)6;1-2-7-3-4(5)6/h1-5H,6H2,(H,9,10);1-3H2,(H2,7,9)(H,10,11)(H,12,13);8-9H,1-5H2,(H,10,11);5,7H,1-4H2,(H,8,9);13H,1-2H2,(H,7,8)(H,9,10)(H,11,12);4,6H,1-3H2,(H,7,8);1-2H2,(H,7,8)(H,9,10);1-2H2,(H,6,7)(H,8,9);5H,1-2H2,(H,6,7)(H,8,9);2H2,1H3,(H,6,7);7H,1-2H3,(H,5,6);2-3H2,1H3,(H,5,6). The number of primary amides is 1. The van der Waals surface area contributed by atoms with E-state index in [9.17, 15) is 101 Å². The molecule has 2 aliphatic heterocycles. The summed E-state index contributed by atoms with van der Waals surface area (Å²) < 4.78 is 13.8. The van der Waals surface area contributed by atoms with E-state index in [0.29, 0.717) is 15.9 Å². The lowest BCUT2D eigenvalue weighted by atomic mass is 9.96. The van der Waals surface area contributed by atoms with E-state index in [1.54, 1.807) is 31.2 Å². The van der Waals surface area contributed by atoms with E-state index >= 15 is 0 Å². The molecule has 27 N–H and O–H groups in total. The Kier molecular flexibility index (Phi) is 82.4. The molecule has 1 amide bonds. The number of thioether (sulfide) groups is 2. The van der Waals surface area contributed by atoms with E-state index < -0.39 is 182 Å². The van der Waals surface area contributed by atoms with Gasteiger partial charge in [0.1, 0.15) is 40.8 Å². The van der Waals surface area contributed by atoms with Crippen molar-refractivity contribution in [1.29, 1.82) is 0 Å². The molecule has 2 unspecified atom stereocenters. The lowest BCUT2D eigenvalue weighted by Gasteiger charge is -2.18. The van der Waals surface area contributed by atoms with Crippen LogP contribution in [-0.2, 0) is 110 Å². The summed E-state index contributed by atoms with van der Waals surface area (Å²) in [7, 11) is 0. The number of piperidine rings is 1. The molecule has 2 fully saturated rings. The number of aliphatic carboxylic acids is 18. The number of nitrogens with one attached hydrogen (secondary N) is 3. The Morgan fingerprint density at radius 2 is 0.864 bits per heavy atom. The van der Waals surface area contributed by atoms with Gasteiger partial charge in [0.25, 0.3) is 0 Å². The van der Waals surface area contributed by atoms with Gasteiger partial charge in [0.15, 0.2) is 30.2 Å². The summed E-state index contributed by atoms with van der Waals surface area (Å²) >= 11 is 6.61. The first kappa shape index (κ1) is 125. The van der Waals surface area contributed by atoms with Gasteiger partial charge < -0.3 is 143 Å². The van der Waals surface area contributed by atoms with Crippen LogP contribution in [0.4, 0.5) is 0 Å². The Morgan fingerprint density at radius 1 is 0.492 bits per heavy atom. The summed E-state index contributed by atoms with van der Waals surface area (Å²) in [5.41, 5.74) is 0.457. The van der Waals surface area contributed by atoms with E-state index in [4.69, 9.17) is 135 Å². The van der Waals surface area contributed by atoms with Gasteiger partial charge in [-0.05, 0) is 71.7 Å². The summed E-state index contributed by atoms with van der Waals surface area (Å²) in [5.74, 6) is -22.5. The summed E-state index contributed by atoms with van der Waals surface area (Å²) in [4.78, 5) is 213. The monoisotopic (exact) mass is 1770 g/mol. The minimum absolute atomic E-state index is 0.0900. The second kappa shape index (κ2) is 78.0. The lowest BCUT2D eigenvalue weighted by Crippen LogP contribution is -2.42. The molecular weight excluding hydrogens is 1670 g/mol. The number of nitrogens with zero attached hydrogens (tertiary/aromatic N) is 2. The summed E-state index contributed by atoms with van der Waals surface area (Å²) in [6.07, 6.45) is 1.01. The Bertz CT molecular complexity index is 3130. The number of carbonyl (C=O) groups is 21. The normalized spacial score (nSPS) is 12.3. The highest BCUT2D eigenvalue weighted by molar-refractivity contribution is 8.47. The number of para-hydroxylation sites is 1. The van der Waals surface area contributed by atoms with Gasteiger partial charge in [-0.1, -0.05) is 60.4 Å². The number of Topliss-reactive ketones (excluding diaryl/α,β-unsaturated/α-hetero) is 1. The number of esters is 1. The van der Waals surface area contributed by atoms with Gasteiger partial charge in [-0.2, -0.15) is 0 Å². The number of nitrogens with two attached hydrogens (primary N) is 1. The highest BCUT2D eigenvalue weighted by Gasteiger charge is 2.41. The van der Waals surface area contributed by atoms with Gasteiger partial charge in [-0.15, -0.1) is 0 Å². The maximum absolute atomic E-state index is 10.4. The Morgan fingerprint density at radius 3 is 1.10 bits per heavy atom. The summed E-state index contributed by atoms with van der Waals surface area (Å²) in [6.45, 7) is 4.72. The second-order valence-electron chi connectivity index (χ2n) is 22.1. The first-order chi connectivity index (χ1) is 54.3. The second-order valence-corrected chi connectivity index (χ2v) is 25.2. The topological polar surface area (TPSA) is 900 Å². The molecule has 0 spiro atoms. The van der Waals surface area contributed by atoms with Crippen LogP contribution in [0, 0.1) is 0 Å². The molecule has 0 radical (unpaired) electrons. The van der Waals surface area contributed by atoms with Gasteiger partial charge in [-0.3, -0.25) is 91.8 Å². The smallest absolute Gasteiger partial charge is 0.341 e. The molecule has 2 atom stereocenters. The number of benzene rings is 1. The van der Waals surface area contributed by atoms with Crippen molar-refractivity contribution in [1.82, 2.24) is 25.8 Å². The molecular formula is C63H100N6O46S3. The van der Waals surface area contributed by atoms with Crippen LogP contribution >= 0.6 is 35.7 Å². The maximum Gasteiger partial charge on any atom is 0.341 e. The number of hydrogen-bond donors (Lipinski definition) is 26. The lowest BCUT2D eigenvalue weighted by molar-refractivity contribution is -0.170. The Labute approximate surface area is 682 Å². The zero-order valence-corrected chi connectivity index (χ0v) is 65.9. The van der Waals surface area contributed by atoms with Crippen molar-refractivity contribution in [3.05, 3.63) is 30.3 Å². The zero-order valence-electron chi connectivity index (χ0n) is 63.5. The van der Waals surface area contributed by atoms with Crippen LogP contribution in [0.25, 0.3) is 0 Å². The SMILES string of the molecule is CC(=O)OCC(=O)O.CC(C)(O)C(=O)O.CCOCC(=O)O.NC(=O)CN(CC(=O)O)CC(=O)O.O=C(O)C1CCCCN1.O=C(O)C1CCCN1.O=C(O)CC(=O)CC(=O)O.O=C(O)CC(O)(CC(=O)O)C(=O)O.O=C(O)CN(CCO)CCO.O=C(O)CNCC(=O)O.O=C(O)COc1ccccc1.O=C(O)CSC(=S)SCC(=O)O. The van der Waals surface area contributed by atoms with Crippen LogP contribution in [0.15, 0.2) is 30.3 Å². The van der Waals surface area contributed by atoms with E-state index in [2.05, 4.69) is 25.4 Å².